The molecule has 0 aliphatic rings. The smallest absolute Gasteiger partial charge is 0.0790 e. The second-order valence-electron chi connectivity index (χ2n) is 3.28. The maximum atomic E-state index is 9.63. The van der Waals surface area contributed by atoms with Gasteiger partial charge in [0.15, 0.2) is 0 Å². The zero-order valence-corrected chi connectivity index (χ0v) is 7.96. The van der Waals surface area contributed by atoms with Crippen LogP contribution in [0.3, 0.4) is 0 Å². The van der Waals surface area contributed by atoms with E-state index < -0.39 is 0 Å². The van der Waals surface area contributed by atoms with Gasteiger partial charge in [0.2, 0.25) is 0 Å². The van der Waals surface area contributed by atoms with Crippen LogP contribution in [0.1, 0.15) is 36.1 Å². The van der Waals surface area contributed by atoms with E-state index in [2.05, 4.69) is 18.2 Å². The molecule has 0 aromatic heterocycles. The molecule has 0 bridgehead atoms. The Morgan fingerprint density at radius 3 is 2.58 bits per heavy atom. The van der Waals surface area contributed by atoms with Crippen LogP contribution in [0.4, 0.5) is 0 Å². The Labute approximate surface area is 74.1 Å². The van der Waals surface area contributed by atoms with Crippen LogP contribution < -0.4 is 0 Å². The second kappa shape index (κ2) is 3.72. The summed E-state index contributed by atoms with van der Waals surface area (Å²) < 4.78 is 0. The minimum absolute atomic E-state index is 0.301. The Bertz CT molecular complexity index is 266. The summed E-state index contributed by atoms with van der Waals surface area (Å²) in [7, 11) is 0. The third kappa shape index (κ3) is 1.86. The minimum Gasteiger partial charge on any atom is -0.388 e. The highest BCUT2D eigenvalue weighted by molar-refractivity contribution is 5.31. The molecule has 0 saturated heterocycles. The van der Waals surface area contributed by atoms with E-state index in [1.54, 1.807) is 0 Å². The van der Waals surface area contributed by atoms with Crippen LogP contribution in [0.15, 0.2) is 18.2 Å². The first-order chi connectivity index (χ1) is 5.65. The van der Waals surface area contributed by atoms with Crippen molar-refractivity contribution < 1.29 is 5.11 Å². The zero-order chi connectivity index (χ0) is 9.14. The van der Waals surface area contributed by atoms with Crippen LogP contribution in [-0.2, 0) is 0 Å². The van der Waals surface area contributed by atoms with Crippen molar-refractivity contribution in [3.63, 3.8) is 0 Å². The fourth-order valence-corrected chi connectivity index (χ4v) is 1.34. The summed E-state index contributed by atoms with van der Waals surface area (Å²) >= 11 is 0. The number of aliphatic hydroxyl groups excluding tert-OH is 1. The van der Waals surface area contributed by atoms with Crippen molar-refractivity contribution in [3.05, 3.63) is 34.9 Å². The molecular weight excluding hydrogens is 148 g/mol. The molecule has 1 heteroatoms. The lowest BCUT2D eigenvalue weighted by Gasteiger charge is -2.11. The third-order valence-corrected chi connectivity index (χ3v) is 2.18. The molecule has 66 valence electrons. The Morgan fingerprint density at radius 1 is 1.33 bits per heavy atom. The van der Waals surface area contributed by atoms with Crippen molar-refractivity contribution in [1.29, 1.82) is 0 Å². The molecule has 1 atom stereocenters. The van der Waals surface area contributed by atoms with Crippen molar-refractivity contribution in [2.75, 3.05) is 0 Å². The van der Waals surface area contributed by atoms with Crippen LogP contribution >= 0.6 is 0 Å². The number of hydrogen-bond donors (Lipinski definition) is 1. The van der Waals surface area contributed by atoms with Gasteiger partial charge < -0.3 is 5.11 Å². The third-order valence-electron chi connectivity index (χ3n) is 2.18. The van der Waals surface area contributed by atoms with E-state index in [0.717, 1.165) is 12.0 Å². The average molecular weight is 164 g/mol. The first-order valence-corrected chi connectivity index (χ1v) is 4.40. The Morgan fingerprint density at radius 2 is 2.00 bits per heavy atom. The highest BCUT2D eigenvalue weighted by Gasteiger charge is 2.07. The molecule has 0 heterocycles. The first-order valence-electron chi connectivity index (χ1n) is 4.40. The SMILES string of the molecule is CC[C@@H](O)c1cc(C)ccc1C. The monoisotopic (exact) mass is 164 g/mol. The largest absolute Gasteiger partial charge is 0.388 e. The molecule has 0 fully saturated rings. The molecule has 1 rings (SSSR count). The van der Waals surface area contributed by atoms with E-state index in [1.165, 1.54) is 11.1 Å². The lowest BCUT2D eigenvalue weighted by atomic mass is 9.99. The van der Waals surface area contributed by atoms with Crippen molar-refractivity contribution in [1.82, 2.24) is 0 Å². The first kappa shape index (κ1) is 9.27. The predicted molar refractivity (Wildman–Crippen MR) is 51.2 cm³/mol. The predicted octanol–water partition coefficient (Wildman–Crippen LogP) is 2.75. The summed E-state index contributed by atoms with van der Waals surface area (Å²) in [5, 5.41) is 9.63. The number of aryl methyl sites for hydroxylation is 2. The molecule has 0 spiro atoms. The molecule has 12 heavy (non-hydrogen) atoms. The molecule has 0 radical (unpaired) electrons. The minimum atomic E-state index is -0.301. The van der Waals surface area contributed by atoms with Crippen LogP contribution in [0, 0.1) is 13.8 Å². The van der Waals surface area contributed by atoms with E-state index in [4.69, 9.17) is 0 Å². The summed E-state index contributed by atoms with van der Waals surface area (Å²) in [5.74, 6) is 0. The van der Waals surface area contributed by atoms with E-state index in [9.17, 15) is 5.11 Å². The van der Waals surface area contributed by atoms with Gasteiger partial charge in [0, 0.05) is 0 Å². The summed E-state index contributed by atoms with van der Waals surface area (Å²) in [6.45, 7) is 6.07. The van der Waals surface area contributed by atoms with Crippen LogP contribution in [0.2, 0.25) is 0 Å². The number of rotatable bonds is 2. The van der Waals surface area contributed by atoms with Gasteiger partial charge in [-0.25, -0.2) is 0 Å². The molecule has 0 unspecified atom stereocenters. The van der Waals surface area contributed by atoms with Crippen molar-refractivity contribution >= 4 is 0 Å². The second-order valence-corrected chi connectivity index (χ2v) is 3.28. The van der Waals surface area contributed by atoms with E-state index in [-0.39, 0.29) is 6.10 Å². The molecule has 1 N–H and O–H groups in total. The normalized spacial score (nSPS) is 13.0. The summed E-state index contributed by atoms with van der Waals surface area (Å²) in [4.78, 5) is 0. The molecule has 0 aliphatic carbocycles. The number of hydrogen-bond acceptors (Lipinski definition) is 1. The van der Waals surface area contributed by atoms with Crippen LogP contribution in [0.25, 0.3) is 0 Å². The number of aliphatic hydroxyl groups is 1. The van der Waals surface area contributed by atoms with Gasteiger partial charge in [-0.1, -0.05) is 30.7 Å². The van der Waals surface area contributed by atoms with Gasteiger partial charge in [-0.3, -0.25) is 0 Å². The molecule has 0 aliphatic heterocycles. The quantitative estimate of drug-likeness (QED) is 0.712. The highest BCUT2D eigenvalue weighted by atomic mass is 16.3. The maximum Gasteiger partial charge on any atom is 0.0790 e. The lowest BCUT2D eigenvalue weighted by Crippen LogP contribution is -1.98. The van der Waals surface area contributed by atoms with Gasteiger partial charge in [-0.05, 0) is 31.4 Å². The fraction of sp³-hybridized carbons (Fsp3) is 0.455. The Hall–Kier alpha value is -0.820. The lowest BCUT2D eigenvalue weighted by molar-refractivity contribution is 0.173. The summed E-state index contributed by atoms with van der Waals surface area (Å²) in [5.41, 5.74) is 3.45. The summed E-state index contributed by atoms with van der Waals surface area (Å²) in [6.07, 6.45) is 0.481. The van der Waals surface area contributed by atoms with Crippen LogP contribution in [-0.4, -0.2) is 5.11 Å². The standard InChI is InChI=1S/C11H16O/c1-4-11(12)10-7-8(2)5-6-9(10)3/h5-7,11-12H,4H2,1-3H3/t11-/m1/s1. The van der Waals surface area contributed by atoms with Gasteiger partial charge in [-0.15, -0.1) is 0 Å². The van der Waals surface area contributed by atoms with E-state index in [0.29, 0.717) is 0 Å². The van der Waals surface area contributed by atoms with Gasteiger partial charge >= 0.3 is 0 Å². The van der Waals surface area contributed by atoms with Gasteiger partial charge in [0.25, 0.3) is 0 Å². The highest BCUT2D eigenvalue weighted by Crippen LogP contribution is 2.21. The average Bonchev–Trinajstić information content (AvgIpc) is 2.08. The zero-order valence-electron chi connectivity index (χ0n) is 7.96. The molecular formula is C11H16O. The molecule has 1 aromatic carbocycles. The van der Waals surface area contributed by atoms with Crippen molar-refractivity contribution in [2.24, 2.45) is 0 Å². The maximum absolute atomic E-state index is 9.63. The fourth-order valence-electron chi connectivity index (χ4n) is 1.34. The van der Waals surface area contributed by atoms with E-state index in [1.807, 2.05) is 20.8 Å². The number of benzene rings is 1. The van der Waals surface area contributed by atoms with E-state index >= 15 is 0 Å². The van der Waals surface area contributed by atoms with Gasteiger partial charge in [0.05, 0.1) is 6.10 Å². The molecule has 0 saturated carbocycles. The van der Waals surface area contributed by atoms with Crippen molar-refractivity contribution in [2.45, 2.75) is 33.3 Å². The van der Waals surface area contributed by atoms with Gasteiger partial charge in [0.1, 0.15) is 0 Å². The molecule has 1 aromatic rings. The molecule has 1 nitrogen and oxygen atoms in total. The van der Waals surface area contributed by atoms with Crippen LogP contribution in [0.5, 0.6) is 0 Å². The topological polar surface area (TPSA) is 20.2 Å². The van der Waals surface area contributed by atoms with Crippen molar-refractivity contribution in [3.8, 4) is 0 Å². The van der Waals surface area contributed by atoms with Gasteiger partial charge in [-0.2, -0.15) is 0 Å². The summed E-state index contributed by atoms with van der Waals surface area (Å²) in [6, 6.07) is 6.19. The Kier molecular flexibility index (Phi) is 2.88. The Balaban J connectivity index is 3.04. The molecule has 0 amide bonds.